The first-order valence-electron chi connectivity index (χ1n) is 3.86. The summed E-state index contributed by atoms with van der Waals surface area (Å²) >= 11 is 0. The van der Waals surface area contributed by atoms with Crippen molar-refractivity contribution >= 4 is 10.4 Å². The summed E-state index contributed by atoms with van der Waals surface area (Å²) in [6.45, 7) is 0. The Morgan fingerprint density at radius 2 is 1.58 bits per heavy atom. The van der Waals surface area contributed by atoms with Crippen molar-refractivity contribution in [3.05, 3.63) is 12.2 Å². The van der Waals surface area contributed by atoms with Crippen LogP contribution in [0.2, 0.25) is 0 Å². The molecule has 5 heteroatoms. The second kappa shape index (κ2) is 3.53. The van der Waals surface area contributed by atoms with Gasteiger partial charge in [-0.3, -0.25) is 0 Å². The van der Waals surface area contributed by atoms with Crippen LogP contribution in [0.4, 0.5) is 3.89 Å². The summed E-state index contributed by atoms with van der Waals surface area (Å²) in [4.78, 5) is 0. The zero-order chi connectivity index (χ0) is 9.19. The zero-order valence-electron chi connectivity index (χ0n) is 6.61. The molecule has 2 atom stereocenters. The summed E-state index contributed by atoms with van der Waals surface area (Å²) in [5.41, 5.74) is 0. The average Bonchev–Trinajstić information content (AvgIpc) is 2.42. The van der Waals surface area contributed by atoms with Crippen molar-refractivity contribution in [1.29, 1.82) is 0 Å². The predicted molar refractivity (Wildman–Crippen MR) is 44.2 cm³/mol. The standard InChI is InChI=1S/C7H10.FH2NO2S/c1-2-7-4-3-6(1)5-7;1-5(2,3)4/h1-2,6-7H,3-5H2;(H2,2,3,4). The van der Waals surface area contributed by atoms with Gasteiger partial charge in [0, 0.05) is 0 Å². The van der Waals surface area contributed by atoms with E-state index in [4.69, 9.17) is 8.42 Å². The molecule has 0 amide bonds. The monoisotopic (exact) mass is 193 g/mol. The maximum absolute atomic E-state index is 10.4. The van der Waals surface area contributed by atoms with Crippen molar-refractivity contribution in [1.82, 2.24) is 0 Å². The molecule has 2 rings (SSSR count). The third-order valence-corrected chi connectivity index (χ3v) is 2.17. The largest absolute Gasteiger partial charge is 0.369 e. The summed E-state index contributed by atoms with van der Waals surface area (Å²) in [6.07, 6.45) is 9.19. The first-order chi connectivity index (χ1) is 5.45. The van der Waals surface area contributed by atoms with E-state index >= 15 is 0 Å². The van der Waals surface area contributed by atoms with E-state index in [2.05, 4.69) is 17.3 Å². The van der Waals surface area contributed by atoms with Crippen LogP contribution in [0.5, 0.6) is 0 Å². The predicted octanol–water partition coefficient (Wildman–Crippen LogP) is 1.13. The number of halogens is 1. The van der Waals surface area contributed by atoms with Crippen LogP contribution in [0, 0.1) is 11.8 Å². The van der Waals surface area contributed by atoms with Crippen molar-refractivity contribution in [3.63, 3.8) is 0 Å². The fourth-order valence-corrected chi connectivity index (χ4v) is 1.72. The highest BCUT2D eigenvalue weighted by atomic mass is 32.3. The topological polar surface area (TPSA) is 60.2 Å². The van der Waals surface area contributed by atoms with E-state index < -0.39 is 10.4 Å². The molecule has 12 heavy (non-hydrogen) atoms. The van der Waals surface area contributed by atoms with Gasteiger partial charge in [0.1, 0.15) is 0 Å². The van der Waals surface area contributed by atoms with Gasteiger partial charge in [0.25, 0.3) is 0 Å². The van der Waals surface area contributed by atoms with Gasteiger partial charge in [-0.05, 0) is 31.1 Å². The van der Waals surface area contributed by atoms with Crippen molar-refractivity contribution in [2.45, 2.75) is 19.3 Å². The Balaban J connectivity index is 0.000000130. The molecule has 2 bridgehead atoms. The van der Waals surface area contributed by atoms with Crippen LogP contribution in [0.25, 0.3) is 0 Å². The molecule has 0 aromatic heterocycles. The van der Waals surface area contributed by atoms with E-state index in [1.165, 1.54) is 19.3 Å². The molecule has 3 nitrogen and oxygen atoms in total. The van der Waals surface area contributed by atoms with E-state index in [9.17, 15) is 3.89 Å². The van der Waals surface area contributed by atoms with Gasteiger partial charge in [-0.25, -0.2) is 5.14 Å². The molecule has 1 saturated carbocycles. The smallest absolute Gasteiger partial charge is 0.202 e. The van der Waals surface area contributed by atoms with Crippen molar-refractivity contribution in [2.24, 2.45) is 17.0 Å². The highest BCUT2D eigenvalue weighted by Crippen LogP contribution is 2.38. The molecule has 2 aliphatic carbocycles. The summed E-state index contributed by atoms with van der Waals surface area (Å²) < 4.78 is 27.9. The first kappa shape index (κ1) is 9.67. The molecular formula is C7H12FNO2S. The molecule has 70 valence electrons. The molecule has 0 aromatic rings. The summed E-state index contributed by atoms with van der Waals surface area (Å²) in [7, 11) is -4.67. The second-order valence-electron chi connectivity index (χ2n) is 3.19. The number of fused-ring (bicyclic) bond motifs is 2. The van der Waals surface area contributed by atoms with E-state index in [0.717, 1.165) is 11.8 Å². The minimum atomic E-state index is -4.67. The molecule has 2 aliphatic rings. The Morgan fingerprint density at radius 3 is 1.67 bits per heavy atom. The molecule has 1 fully saturated rings. The molecule has 0 radical (unpaired) electrons. The fraction of sp³-hybridized carbons (Fsp3) is 0.714. The summed E-state index contributed by atoms with van der Waals surface area (Å²) in [5, 5.41) is 3.66. The third kappa shape index (κ3) is 3.82. The highest BCUT2D eigenvalue weighted by molar-refractivity contribution is 7.83. The minimum Gasteiger partial charge on any atom is -0.202 e. The van der Waals surface area contributed by atoms with Crippen LogP contribution in [0.1, 0.15) is 19.3 Å². The minimum absolute atomic E-state index is 0.991. The van der Waals surface area contributed by atoms with Crippen LogP contribution in [-0.2, 0) is 10.4 Å². The number of allylic oxidation sites excluding steroid dienone is 2. The van der Waals surface area contributed by atoms with Crippen LogP contribution in [-0.4, -0.2) is 8.42 Å². The molecule has 0 saturated heterocycles. The number of rotatable bonds is 0. The Bertz CT molecular complexity index is 253. The quantitative estimate of drug-likeness (QED) is 0.463. The Morgan fingerprint density at radius 1 is 1.25 bits per heavy atom. The number of hydrogen-bond acceptors (Lipinski definition) is 2. The van der Waals surface area contributed by atoms with Crippen molar-refractivity contribution in [2.75, 3.05) is 0 Å². The van der Waals surface area contributed by atoms with Gasteiger partial charge in [0.15, 0.2) is 0 Å². The molecular weight excluding hydrogens is 181 g/mol. The van der Waals surface area contributed by atoms with Crippen LogP contribution in [0.15, 0.2) is 12.2 Å². The van der Waals surface area contributed by atoms with Crippen molar-refractivity contribution < 1.29 is 12.3 Å². The van der Waals surface area contributed by atoms with Gasteiger partial charge in [-0.2, -0.15) is 8.42 Å². The summed E-state index contributed by atoms with van der Waals surface area (Å²) in [5.74, 6) is 1.98. The van der Waals surface area contributed by atoms with Gasteiger partial charge in [0.05, 0.1) is 0 Å². The van der Waals surface area contributed by atoms with Crippen molar-refractivity contribution in [3.8, 4) is 0 Å². The van der Waals surface area contributed by atoms with E-state index in [1.54, 1.807) is 0 Å². The van der Waals surface area contributed by atoms with E-state index in [0.29, 0.717) is 0 Å². The lowest BCUT2D eigenvalue weighted by Crippen LogP contribution is -2.01. The van der Waals surface area contributed by atoms with Crippen LogP contribution in [0.3, 0.4) is 0 Å². The van der Waals surface area contributed by atoms with Gasteiger partial charge >= 0.3 is 10.4 Å². The number of hydrogen-bond donors (Lipinski definition) is 1. The highest BCUT2D eigenvalue weighted by Gasteiger charge is 2.25. The van der Waals surface area contributed by atoms with Gasteiger partial charge < -0.3 is 0 Å². The normalized spacial score (nSPS) is 31.5. The SMILES string of the molecule is C1=CC2CCC1C2.NS(=O)(=O)F. The Hall–Kier alpha value is -0.420. The summed E-state index contributed by atoms with van der Waals surface area (Å²) in [6, 6.07) is 0. The van der Waals surface area contributed by atoms with Gasteiger partial charge in [0.2, 0.25) is 0 Å². The number of nitrogens with two attached hydrogens (primary N) is 1. The molecule has 0 aromatic carbocycles. The van der Waals surface area contributed by atoms with Crippen LogP contribution >= 0.6 is 0 Å². The zero-order valence-corrected chi connectivity index (χ0v) is 7.43. The molecule has 0 heterocycles. The molecule has 0 aliphatic heterocycles. The molecule has 2 N–H and O–H groups in total. The van der Waals surface area contributed by atoms with Crippen LogP contribution < -0.4 is 5.14 Å². The maximum Gasteiger partial charge on any atom is 0.369 e. The lowest BCUT2D eigenvalue weighted by atomic mass is 10.1. The van der Waals surface area contributed by atoms with E-state index in [-0.39, 0.29) is 0 Å². The molecule has 2 unspecified atom stereocenters. The lowest BCUT2D eigenvalue weighted by Gasteiger charge is -1.96. The fourth-order valence-electron chi connectivity index (χ4n) is 1.72. The van der Waals surface area contributed by atoms with Gasteiger partial charge in [-0.15, -0.1) is 0 Å². The second-order valence-corrected chi connectivity index (χ2v) is 4.14. The Kier molecular flexibility index (Phi) is 2.85. The molecule has 0 spiro atoms. The Labute approximate surface area is 71.8 Å². The van der Waals surface area contributed by atoms with E-state index in [1.807, 2.05) is 0 Å². The average molecular weight is 193 g/mol. The first-order valence-corrected chi connectivity index (χ1v) is 5.30. The lowest BCUT2D eigenvalue weighted by molar-refractivity contribution is 0.554. The maximum atomic E-state index is 10.4. The van der Waals surface area contributed by atoms with Gasteiger partial charge in [-0.1, -0.05) is 16.0 Å². The third-order valence-electron chi connectivity index (χ3n) is 2.17.